The summed E-state index contributed by atoms with van der Waals surface area (Å²) in [6.07, 6.45) is 0.652. The van der Waals surface area contributed by atoms with Crippen LogP contribution in [0.25, 0.3) is 5.76 Å². The van der Waals surface area contributed by atoms with E-state index in [4.69, 9.17) is 4.74 Å². The van der Waals surface area contributed by atoms with E-state index in [0.717, 1.165) is 6.54 Å². The van der Waals surface area contributed by atoms with E-state index < -0.39 is 23.5 Å². The molecule has 3 rings (SSSR count). The summed E-state index contributed by atoms with van der Waals surface area (Å²) in [5.74, 6) is -1.46. The van der Waals surface area contributed by atoms with Gasteiger partial charge in [0.2, 0.25) is 0 Å². The number of benzene rings is 2. The van der Waals surface area contributed by atoms with Crippen LogP contribution in [0.1, 0.15) is 29.2 Å². The number of amides is 1. The van der Waals surface area contributed by atoms with E-state index in [1.807, 2.05) is 19.0 Å². The van der Waals surface area contributed by atoms with Gasteiger partial charge in [-0.3, -0.25) is 9.59 Å². The number of Topliss-reactive ketones (excluding diaryl/α,β-unsaturated/α-hetero) is 1. The first-order chi connectivity index (χ1) is 14.7. The Bertz CT molecular complexity index is 1010. The molecule has 1 atom stereocenters. The number of rotatable bonds is 7. The molecule has 0 unspecified atom stereocenters. The monoisotopic (exact) mass is 426 g/mol. The number of ether oxygens (including phenoxy) is 1. The average Bonchev–Trinajstić information content (AvgIpc) is 2.98. The number of hydrogen-bond donors (Lipinski definition) is 1. The molecule has 164 valence electrons. The molecular formula is C24H27FN2O4. The Morgan fingerprint density at radius 3 is 2.42 bits per heavy atom. The van der Waals surface area contributed by atoms with Crippen LogP contribution < -0.4 is 4.74 Å². The van der Waals surface area contributed by atoms with Gasteiger partial charge in [-0.15, -0.1) is 0 Å². The maximum atomic E-state index is 13.5. The normalized spacial score (nSPS) is 18.1. The molecule has 6 nitrogen and oxygen atoms in total. The van der Waals surface area contributed by atoms with Crippen LogP contribution in [0.15, 0.2) is 48.0 Å². The molecule has 0 saturated carbocycles. The van der Waals surface area contributed by atoms with Crippen molar-refractivity contribution in [2.45, 2.75) is 19.4 Å². The number of methoxy groups -OCH3 is 1. The molecule has 0 radical (unpaired) electrons. The van der Waals surface area contributed by atoms with Crippen molar-refractivity contribution in [1.29, 1.82) is 0 Å². The number of aliphatic hydroxyl groups excluding tert-OH is 1. The second-order valence-electron chi connectivity index (χ2n) is 7.88. The lowest BCUT2D eigenvalue weighted by Gasteiger charge is -2.26. The highest BCUT2D eigenvalue weighted by molar-refractivity contribution is 6.46. The summed E-state index contributed by atoms with van der Waals surface area (Å²) in [5, 5.41) is 11.1. The van der Waals surface area contributed by atoms with Crippen LogP contribution in [0, 0.1) is 12.7 Å². The maximum Gasteiger partial charge on any atom is 0.295 e. The lowest BCUT2D eigenvalue weighted by atomic mass is 9.94. The maximum absolute atomic E-state index is 13.5. The number of carbonyl (C=O) groups excluding carboxylic acids is 2. The Hall–Kier alpha value is -3.19. The lowest BCUT2D eigenvalue weighted by Crippen LogP contribution is -2.32. The number of halogens is 1. The van der Waals surface area contributed by atoms with Gasteiger partial charge in [-0.1, -0.05) is 12.1 Å². The highest BCUT2D eigenvalue weighted by Gasteiger charge is 2.45. The molecule has 31 heavy (non-hydrogen) atoms. The van der Waals surface area contributed by atoms with E-state index >= 15 is 0 Å². The van der Waals surface area contributed by atoms with Crippen molar-refractivity contribution >= 4 is 17.4 Å². The van der Waals surface area contributed by atoms with Crippen molar-refractivity contribution in [1.82, 2.24) is 9.80 Å². The van der Waals surface area contributed by atoms with Crippen LogP contribution in [-0.2, 0) is 9.59 Å². The van der Waals surface area contributed by atoms with Crippen LogP contribution in [0.2, 0.25) is 0 Å². The third-order valence-electron chi connectivity index (χ3n) is 5.42. The van der Waals surface area contributed by atoms with Gasteiger partial charge >= 0.3 is 0 Å². The smallest absolute Gasteiger partial charge is 0.295 e. The fourth-order valence-corrected chi connectivity index (χ4v) is 3.83. The number of aryl methyl sites for hydroxylation is 1. The van der Waals surface area contributed by atoms with E-state index in [9.17, 15) is 19.1 Å². The highest BCUT2D eigenvalue weighted by Crippen LogP contribution is 2.40. The lowest BCUT2D eigenvalue weighted by molar-refractivity contribution is -0.139. The first-order valence-corrected chi connectivity index (χ1v) is 10.1. The zero-order valence-corrected chi connectivity index (χ0v) is 18.2. The summed E-state index contributed by atoms with van der Waals surface area (Å²) in [5.41, 5.74) is 1.72. The highest BCUT2D eigenvalue weighted by atomic mass is 19.1. The van der Waals surface area contributed by atoms with E-state index in [2.05, 4.69) is 0 Å². The Morgan fingerprint density at radius 1 is 1.16 bits per heavy atom. The number of nitrogens with zero attached hydrogens (tertiary/aromatic N) is 2. The van der Waals surface area contributed by atoms with Gasteiger partial charge in [0.15, 0.2) is 0 Å². The molecule has 1 aliphatic rings. The molecule has 0 spiro atoms. The summed E-state index contributed by atoms with van der Waals surface area (Å²) in [6.45, 7) is 2.86. The van der Waals surface area contributed by atoms with Gasteiger partial charge in [0.05, 0.1) is 18.7 Å². The van der Waals surface area contributed by atoms with E-state index in [0.29, 0.717) is 35.4 Å². The summed E-state index contributed by atoms with van der Waals surface area (Å²) in [4.78, 5) is 29.3. The molecule has 1 amide bonds. The molecular weight excluding hydrogens is 399 g/mol. The summed E-state index contributed by atoms with van der Waals surface area (Å²) in [6, 6.07) is 9.95. The molecule has 0 bridgehead atoms. The molecule has 1 N–H and O–H groups in total. The third-order valence-corrected chi connectivity index (χ3v) is 5.42. The number of hydrogen-bond acceptors (Lipinski definition) is 5. The molecule has 2 aromatic carbocycles. The number of likely N-dealkylation sites (tertiary alicyclic amines) is 1. The predicted molar refractivity (Wildman–Crippen MR) is 116 cm³/mol. The molecule has 1 heterocycles. The number of carbonyl (C=O) groups is 2. The number of ketones is 1. The second-order valence-corrected chi connectivity index (χ2v) is 7.88. The van der Waals surface area contributed by atoms with Crippen LogP contribution in [-0.4, -0.2) is 60.9 Å². The van der Waals surface area contributed by atoms with Crippen LogP contribution in [0.4, 0.5) is 4.39 Å². The molecule has 0 aliphatic carbocycles. The first kappa shape index (κ1) is 22.5. The summed E-state index contributed by atoms with van der Waals surface area (Å²) >= 11 is 0. The fourth-order valence-electron chi connectivity index (χ4n) is 3.83. The van der Waals surface area contributed by atoms with Gasteiger partial charge < -0.3 is 19.6 Å². The van der Waals surface area contributed by atoms with Crippen LogP contribution in [0.3, 0.4) is 0 Å². The van der Waals surface area contributed by atoms with Gasteiger partial charge in [-0.2, -0.15) is 0 Å². The molecule has 2 aromatic rings. The molecule has 1 saturated heterocycles. The topological polar surface area (TPSA) is 70.1 Å². The zero-order valence-electron chi connectivity index (χ0n) is 18.2. The Morgan fingerprint density at radius 2 is 1.84 bits per heavy atom. The van der Waals surface area contributed by atoms with E-state index in [1.54, 1.807) is 44.4 Å². The van der Waals surface area contributed by atoms with Gasteiger partial charge in [-0.25, -0.2) is 4.39 Å². The summed E-state index contributed by atoms with van der Waals surface area (Å²) < 4.78 is 18.7. The minimum atomic E-state index is -0.788. The van der Waals surface area contributed by atoms with Gasteiger partial charge in [0.1, 0.15) is 17.3 Å². The molecule has 7 heteroatoms. The Balaban J connectivity index is 2.11. The quantitative estimate of drug-likeness (QED) is 0.417. The van der Waals surface area contributed by atoms with Crippen molar-refractivity contribution in [2.75, 3.05) is 34.3 Å². The first-order valence-electron chi connectivity index (χ1n) is 10.1. The standard InChI is InChI=1S/C24H27FN2O4/c1-15-14-18(31-4)10-11-19(15)22(28)20-21(16-6-8-17(25)9-7-16)27(24(30)23(20)29)13-5-12-26(2)3/h6-11,14,21,28H,5,12-13H2,1-4H3/t21-/m0/s1. The average molecular weight is 426 g/mol. The third kappa shape index (κ3) is 4.61. The van der Waals surface area contributed by atoms with Crippen molar-refractivity contribution in [3.63, 3.8) is 0 Å². The van der Waals surface area contributed by atoms with Crippen LogP contribution >= 0.6 is 0 Å². The molecule has 1 fully saturated rings. The van der Waals surface area contributed by atoms with E-state index in [1.165, 1.54) is 17.0 Å². The Labute approximate surface area is 181 Å². The fraction of sp³-hybridized carbons (Fsp3) is 0.333. The Kier molecular flexibility index (Phi) is 6.75. The van der Waals surface area contributed by atoms with Gasteiger partial charge in [0, 0.05) is 12.1 Å². The molecule has 1 aliphatic heterocycles. The van der Waals surface area contributed by atoms with Crippen molar-refractivity contribution in [2.24, 2.45) is 0 Å². The van der Waals surface area contributed by atoms with Crippen molar-refractivity contribution in [3.05, 3.63) is 70.5 Å². The molecule has 0 aromatic heterocycles. The minimum absolute atomic E-state index is 0.00901. The zero-order chi connectivity index (χ0) is 22.7. The van der Waals surface area contributed by atoms with Crippen molar-refractivity contribution < 1.29 is 23.8 Å². The predicted octanol–water partition coefficient (Wildman–Crippen LogP) is 3.52. The van der Waals surface area contributed by atoms with Crippen molar-refractivity contribution in [3.8, 4) is 5.75 Å². The number of aliphatic hydroxyl groups is 1. The van der Waals surface area contributed by atoms with Gasteiger partial charge in [-0.05, 0) is 75.4 Å². The largest absolute Gasteiger partial charge is 0.507 e. The van der Waals surface area contributed by atoms with Crippen LogP contribution in [0.5, 0.6) is 5.75 Å². The summed E-state index contributed by atoms with van der Waals surface area (Å²) in [7, 11) is 5.40. The SMILES string of the molecule is COc1ccc(C(O)=C2C(=O)C(=O)N(CCCN(C)C)[C@H]2c2ccc(F)cc2)c(C)c1. The second kappa shape index (κ2) is 9.31. The van der Waals surface area contributed by atoms with Gasteiger partial charge in [0.25, 0.3) is 11.7 Å². The van der Waals surface area contributed by atoms with E-state index in [-0.39, 0.29) is 11.3 Å². The minimum Gasteiger partial charge on any atom is -0.507 e.